The van der Waals surface area contributed by atoms with E-state index in [4.69, 9.17) is 17.3 Å². The van der Waals surface area contributed by atoms with E-state index >= 15 is 0 Å². The molecule has 1 aromatic heterocycles. The molecule has 1 aliphatic heterocycles. The minimum absolute atomic E-state index is 0.0250. The second kappa shape index (κ2) is 5.42. The fourth-order valence-electron chi connectivity index (χ4n) is 2.25. The molecule has 2 aromatic rings. The molecule has 1 atom stereocenters. The maximum atomic E-state index is 6.27. The molecule has 20 heavy (non-hydrogen) atoms. The second-order valence-electron chi connectivity index (χ2n) is 4.44. The summed E-state index contributed by atoms with van der Waals surface area (Å²) in [7, 11) is 0. The standard InChI is InChI=1S/C14H12BrClN4/c15-9-5-6-11(18-7-9)13-8-19-14(17)20(13)12-4-2-1-3-10(12)16/h1-7,13H,8H2,(H2,17,19). The number of nitrogens with zero attached hydrogens (tertiary/aromatic N) is 3. The molecule has 3 rings (SSSR count). The predicted octanol–water partition coefficient (Wildman–Crippen LogP) is 3.37. The molecular formula is C14H12BrClN4. The lowest BCUT2D eigenvalue weighted by molar-refractivity contribution is 0.739. The van der Waals surface area contributed by atoms with E-state index in [0.717, 1.165) is 15.9 Å². The molecule has 0 saturated carbocycles. The Morgan fingerprint density at radius 1 is 1.25 bits per heavy atom. The predicted molar refractivity (Wildman–Crippen MR) is 85.1 cm³/mol. The van der Waals surface area contributed by atoms with Gasteiger partial charge >= 0.3 is 0 Å². The van der Waals surface area contributed by atoms with E-state index in [1.807, 2.05) is 41.3 Å². The molecule has 102 valence electrons. The highest BCUT2D eigenvalue weighted by Gasteiger charge is 2.30. The van der Waals surface area contributed by atoms with E-state index in [9.17, 15) is 0 Å². The number of nitrogens with two attached hydrogens (primary N) is 1. The van der Waals surface area contributed by atoms with Crippen LogP contribution in [0.25, 0.3) is 0 Å². The van der Waals surface area contributed by atoms with Crippen molar-refractivity contribution < 1.29 is 0 Å². The van der Waals surface area contributed by atoms with E-state index in [1.165, 1.54) is 0 Å². The monoisotopic (exact) mass is 350 g/mol. The zero-order chi connectivity index (χ0) is 14.1. The van der Waals surface area contributed by atoms with Crippen LogP contribution < -0.4 is 10.6 Å². The molecule has 0 fully saturated rings. The van der Waals surface area contributed by atoms with E-state index in [-0.39, 0.29) is 6.04 Å². The van der Waals surface area contributed by atoms with Crippen molar-refractivity contribution in [2.45, 2.75) is 6.04 Å². The smallest absolute Gasteiger partial charge is 0.196 e. The molecule has 1 aromatic carbocycles. The first-order valence-electron chi connectivity index (χ1n) is 6.12. The molecule has 1 aliphatic rings. The Kier molecular flexibility index (Phi) is 3.63. The fraction of sp³-hybridized carbons (Fsp3) is 0.143. The summed E-state index contributed by atoms with van der Waals surface area (Å²) < 4.78 is 0.942. The molecule has 0 aliphatic carbocycles. The summed E-state index contributed by atoms with van der Waals surface area (Å²) in [4.78, 5) is 10.7. The first-order valence-corrected chi connectivity index (χ1v) is 7.29. The third kappa shape index (κ3) is 2.39. The van der Waals surface area contributed by atoms with Gasteiger partial charge < -0.3 is 10.6 Å². The minimum atomic E-state index is -0.0250. The van der Waals surface area contributed by atoms with Crippen LogP contribution >= 0.6 is 27.5 Å². The van der Waals surface area contributed by atoms with Crippen molar-refractivity contribution in [3.8, 4) is 0 Å². The van der Waals surface area contributed by atoms with Gasteiger partial charge in [0.25, 0.3) is 0 Å². The number of para-hydroxylation sites is 1. The summed E-state index contributed by atoms with van der Waals surface area (Å²) in [6.07, 6.45) is 1.77. The highest BCUT2D eigenvalue weighted by molar-refractivity contribution is 9.10. The van der Waals surface area contributed by atoms with Crippen LogP contribution in [0.4, 0.5) is 5.69 Å². The highest BCUT2D eigenvalue weighted by Crippen LogP contribution is 2.34. The van der Waals surface area contributed by atoms with Gasteiger partial charge in [-0.15, -0.1) is 0 Å². The SMILES string of the molecule is NC1=NCC(c2ccc(Br)cn2)N1c1ccccc1Cl. The molecule has 4 nitrogen and oxygen atoms in total. The van der Waals surface area contributed by atoms with Gasteiger partial charge in [-0.1, -0.05) is 23.7 Å². The lowest BCUT2D eigenvalue weighted by Crippen LogP contribution is -2.36. The van der Waals surface area contributed by atoms with Gasteiger partial charge in [0.2, 0.25) is 0 Å². The summed E-state index contributed by atoms with van der Waals surface area (Å²) in [6, 6.07) is 11.5. The Balaban J connectivity index is 2.01. The van der Waals surface area contributed by atoms with Crippen LogP contribution in [-0.2, 0) is 0 Å². The summed E-state index contributed by atoms with van der Waals surface area (Å²) in [5, 5.41) is 0.648. The number of anilines is 1. The topological polar surface area (TPSA) is 54.5 Å². The number of rotatable bonds is 2. The first-order chi connectivity index (χ1) is 9.66. The Hall–Kier alpha value is -1.59. The quantitative estimate of drug-likeness (QED) is 0.902. The van der Waals surface area contributed by atoms with Crippen molar-refractivity contribution in [2.24, 2.45) is 10.7 Å². The van der Waals surface area contributed by atoms with E-state index in [1.54, 1.807) is 6.20 Å². The van der Waals surface area contributed by atoms with Crippen molar-refractivity contribution in [2.75, 3.05) is 11.4 Å². The third-order valence-electron chi connectivity index (χ3n) is 3.19. The Labute approximate surface area is 130 Å². The number of guanidine groups is 1. The van der Waals surface area contributed by atoms with Crippen molar-refractivity contribution >= 4 is 39.2 Å². The Morgan fingerprint density at radius 2 is 2.05 bits per heavy atom. The van der Waals surface area contributed by atoms with Gasteiger partial charge in [-0.25, -0.2) is 0 Å². The number of benzene rings is 1. The van der Waals surface area contributed by atoms with Crippen molar-refractivity contribution in [3.63, 3.8) is 0 Å². The molecule has 0 saturated heterocycles. The zero-order valence-electron chi connectivity index (χ0n) is 10.5. The average Bonchev–Trinajstić information content (AvgIpc) is 2.82. The Bertz CT molecular complexity index is 656. The van der Waals surface area contributed by atoms with Gasteiger partial charge in [0.1, 0.15) is 0 Å². The summed E-state index contributed by atoms with van der Waals surface area (Å²) in [6.45, 7) is 0.575. The minimum Gasteiger partial charge on any atom is -0.369 e. The van der Waals surface area contributed by atoms with E-state index in [2.05, 4.69) is 25.9 Å². The van der Waals surface area contributed by atoms with Crippen LogP contribution in [0.3, 0.4) is 0 Å². The van der Waals surface area contributed by atoms with Crippen LogP contribution in [0.1, 0.15) is 11.7 Å². The summed E-state index contributed by atoms with van der Waals surface area (Å²) in [5.74, 6) is 0.466. The third-order valence-corrected chi connectivity index (χ3v) is 3.98. The van der Waals surface area contributed by atoms with Crippen LogP contribution in [-0.4, -0.2) is 17.5 Å². The van der Waals surface area contributed by atoms with Crippen LogP contribution in [0, 0.1) is 0 Å². The lowest BCUT2D eigenvalue weighted by atomic mass is 10.1. The first kappa shape index (κ1) is 13.4. The van der Waals surface area contributed by atoms with Crippen LogP contribution in [0.15, 0.2) is 52.1 Å². The molecule has 1 unspecified atom stereocenters. The lowest BCUT2D eigenvalue weighted by Gasteiger charge is -2.26. The fourth-order valence-corrected chi connectivity index (χ4v) is 2.71. The maximum Gasteiger partial charge on any atom is 0.196 e. The molecule has 0 amide bonds. The number of aliphatic imine (C=N–C) groups is 1. The zero-order valence-corrected chi connectivity index (χ0v) is 12.8. The molecule has 0 radical (unpaired) electrons. The molecule has 0 bridgehead atoms. The number of aromatic nitrogens is 1. The van der Waals surface area contributed by atoms with Gasteiger partial charge in [0.05, 0.1) is 29.0 Å². The number of hydrogen-bond acceptors (Lipinski definition) is 4. The van der Waals surface area contributed by atoms with E-state index < -0.39 is 0 Å². The molecule has 2 N–H and O–H groups in total. The van der Waals surface area contributed by atoms with Gasteiger partial charge in [-0.05, 0) is 40.2 Å². The van der Waals surface area contributed by atoms with Crippen LogP contribution in [0.2, 0.25) is 5.02 Å². The highest BCUT2D eigenvalue weighted by atomic mass is 79.9. The number of hydrogen-bond donors (Lipinski definition) is 1. The van der Waals surface area contributed by atoms with E-state index in [0.29, 0.717) is 17.5 Å². The molecule has 2 heterocycles. The van der Waals surface area contributed by atoms with Gasteiger partial charge in [-0.3, -0.25) is 9.98 Å². The van der Waals surface area contributed by atoms with Crippen molar-refractivity contribution in [1.82, 2.24) is 4.98 Å². The Morgan fingerprint density at radius 3 is 2.75 bits per heavy atom. The second-order valence-corrected chi connectivity index (χ2v) is 5.76. The van der Waals surface area contributed by atoms with Crippen molar-refractivity contribution in [1.29, 1.82) is 0 Å². The summed E-state index contributed by atoms with van der Waals surface area (Å²) in [5.41, 5.74) is 7.78. The summed E-state index contributed by atoms with van der Waals surface area (Å²) >= 11 is 9.65. The number of pyridine rings is 1. The largest absolute Gasteiger partial charge is 0.369 e. The van der Waals surface area contributed by atoms with Crippen molar-refractivity contribution in [3.05, 3.63) is 57.8 Å². The van der Waals surface area contributed by atoms with Crippen LogP contribution in [0.5, 0.6) is 0 Å². The number of halogens is 2. The van der Waals surface area contributed by atoms with Gasteiger partial charge in [-0.2, -0.15) is 0 Å². The molecular weight excluding hydrogens is 340 g/mol. The molecule has 6 heteroatoms. The normalized spacial score (nSPS) is 18.2. The van der Waals surface area contributed by atoms with Gasteiger partial charge in [0.15, 0.2) is 5.96 Å². The molecule has 0 spiro atoms. The average molecular weight is 352 g/mol. The maximum absolute atomic E-state index is 6.27. The van der Waals surface area contributed by atoms with Gasteiger partial charge in [0, 0.05) is 10.7 Å².